The van der Waals surface area contributed by atoms with Gasteiger partial charge in [-0.1, -0.05) is 39.0 Å². The standard InChI is InChI=1S/C19H31N3O2/c1-4-15-8-7-9-16(5-2)18(15)20-19(24)22-12-10-21(11-13-22)17(6-3)14-23/h7-9,17,23H,4-6,10-14H2,1-3H3,(H,20,24). The molecule has 1 atom stereocenters. The van der Waals surface area contributed by atoms with E-state index >= 15 is 0 Å². The molecular weight excluding hydrogens is 302 g/mol. The van der Waals surface area contributed by atoms with Crippen LogP contribution in [0.15, 0.2) is 18.2 Å². The average Bonchev–Trinajstić information content (AvgIpc) is 2.63. The highest BCUT2D eigenvalue weighted by molar-refractivity contribution is 5.91. The minimum Gasteiger partial charge on any atom is -0.395 e. The van der Waals surface area contributed by atoms with Gasteiger partial charge >= 0.3 is 6.03 Å². The van der Waals surface area contributed by atoms with Gasteiger partial charge in [-0.25, -0.2) is 4.79 Å². The predicted molar refractivity (Wildman–Crippen MR) is 98.5 cm³/mol. The third-order valence-corrected chi connectivity index (χ3v) is 5.03. The molecule has 2 amide bonds. The van der Waals surface area contributed by atoms with Crippen molar-refractivity contribution in [3.8, 4) is 0 Å². The normalized spacial score (nSPS) is 16.9. The molecule has 1 unspecified atom stereocenters. The Morgan fingerprint density at radius 1 is 1.12 bits per heavy atom. The lowest BCUT2D eigenvalue weighted by Crippen LogP contribution is -2.53. The molecule has 5 heteroatoms. The lowest BCUT2D eigenvalue weighted by Gasteiger charge is -2.38. The van der Waals surface area contributed by atoms with Gasteiger partial charge in [-0.15, -0.1) is 0 Å². The molecule has 0 bridgehead atoms. The highest BCUT2D eigenvalue weighted by Crippen LogP contribution is 2.23. The first-order chi connectivity index (χ1) is 11.6. The van der Waals surface area contributed by atoms with Crippen LogP contribution in [0.2, 0.25) is 0 Å². The maximum atomic E-state index is 12.7. The van der Waals surface area contributed by atoms with Gasteiger partial charge in [-0.3, -0.25) is 4.90 Å². The van der Waals surface area contributed by atoms with Crippen molar-refractivity contribution in [2.45, 2.75) is 46.1 Å². The Morgan fingerprint density at radius 3 is 2.17 bits per heavy atom. The van der Waals surface area contributed by atoms with Crippen molar-refractivity contribution in [1.29, 1.82) is 0 Å². The number of urea groups is 1. The molecule has 0 spiro atoms. The Hall–Kier alpha value is -1.59. The first-order valence-electron chi connectivity index (χ1n) is 9.16. The van der Waals surface area contributed by atoms with E-state index in [4.69, 9.17) is 0 Å². The Kier molecular flexibility index (Phi) is 7.06. The first kappa shape index (κ1) is 18.7. The fourth-order valence-corrected chi connectivity index (χ4v) is 3.38. The van der Waals surface area contributed by atoms with Crippen LogP contribution in [-0.2, 0) is 12.8 Å². The van der Waals surface area contributed by atoms with Crippen LogP contribution in [0.25, 0.3) is 0 Å². The van der Waals surface area contributed by atoms with Crippen molar-refractivity contribution >= 4 is 11.7 Å². The Balaban J connectivity index is 2.00. The van der Waals surface area contributed by atoms with E-state index in [1.807, 2.05) is 4.90 Å². The Labute approximate surface area is 145 Å². The van der Waals surface area contributed by atoms with Crippen molar-refractivity contribution in [3.63, 3.8) is 0 Å². The number of piperazine rings is 1. The number of nitrogens with zero attached hydrogens (tertiary/aromatic N) is 2. The Morgan fingerprint density at radius 2 is 1.71 bits per heavy atom. The number of hydrogen-bond acceptors (Lipinski definition) is 3. The van der Waals surface area contributed by atoms with Crippen LogP contribution in [0.5, 0.6) is 0 Å². The van der Waals surface area contributed by atoms with Crippen LogP contribution in [0.4, 0.5) is 10.5 Å². The SMILES string of the molecule is CCc1cccc(CC)c1NC(=O)N1CCN(C(CC)CO)CC1. The minimum absolute atomic E-state index is 0.0118. The van der Waals surface area contributed by atoms with E-state index in [2.05, 4.69) is 49.2 Å². The maximum Gasteiger partial charge on any atom is 0.321 e. The monoisotopic (exact) mass is 333 g/mol. The van der Waals surface area contributed by atoms with Crippen molar-refractivity contribution < 1.29 is 9.90 Å². The predicted octanol–water partition coefficient (Wildman–Crippen LogP) is 2.73. The number of aryl methyl sites for hydroxylation is 2. The Bertz CT molecular complexity index is 513. The summed E-state index contributed by atoms with van der Waals surface area (Å²) in [7, 11) is 0. The molecule has 2 rings (SSSR count). The van der Waals surface area contributed by atoms with Gasteiger partial charge in [0.2, 0.25) is 0 Å². The number of carbonyl (C=O) groups is 1. The number of rotatable bonds is 6. The summed E-state index contributed by atoms with van der Waals surface area (Å²) in [6.07, 6.45) is 2.75. The first-order valence-corrected chi connectivity index (χ1v) is 9.16. The summed E-state index contributed by atoms with van der Waals surface area (Å²) in [5.74, 6) is 0. The van der Waals surface area contributed by atoms with Gasteiger partial charge in [0.05, 0.1) is 6.61 Å². The largest absolute Gasteiger partial charge is 0.395 e. The fraction of sp³-hybridized carbons (Fsp3) is 0.632. The summed E-state index contributed by atoms with van der Waals surface area (Å²) in [6.45, 7) is 9.56. The smallest absolute Gasteiger partial charge is 0.321 e. The number of para-hydroxylation sites is 1. The van der Waals surface area contributed by atoms with Gasteiger partial charge in [0, 0.05) is 37.9 Å². The summed E-state index contributed by atoms with van der Waals surface area (Å²) in [5.41, 5.74) is 3.36. The summed E-state index contributed by atoms with van der Waals surface area (Å²) < 4.78 is 0. The van der Waals surface area contributed by atoms with Crippen LogP contribution < -0.4 is 5.32 Å². The summed E-state index contributed by atoms with van der Waals surface area (Å²) in [5, 5.41) is 12.6. The van der Waals surface area contributed by atoms with Crippen LogP contribution in [0.1, 0.15) is 38.3 Å². The molecule has 5 nitrogen and oxygen atoms in total. The molecule has 1 saturated heterocycles. The van der Waals surface area contributed by atoms with Crippen molar-refractivity contribution in [1.82, 2.24) is 9.80 Å². The quantitative estimate of drug-likeness (QED) is 0.842. The van der Waals surface area contributed by atoms with E-state index in [9.17, 15) is 9.90 Å². The molecule has 0 saturated carbocycles. The molecule has 0 aliphatic carbocycles. The molecular formula is C19H31N3O2. The third-order valence-electron chi connectivity index (χ3n) is 5.03. The van der Waals surface area contributed by atoms with Crippen LogP contribution in [0.3, 0.4) is 0 Å². The highest BCUT2D eigenvalue weighted by Gasteiger charge is 2.25. The van der Waals surface area contributed by atoms with E-state index in [0.717, 1.165) is 38.0 Å². The molecule has 2 N–H and O–H groups in total. The van der Waals surface area contributed by atoms with Gasteiger partial charge in [0.1, 0.15) is 0 Å². The molecule has 1 fully saturated rings. The molecule has 1 aliphatic heterocycles. The van der Waals surface area contributed by atoms with E-state index in [1.54, 1.807) is 0 Å². The molecule has 0 aromatic heterocycles. The maximum absolute atomic E-state index is 12.7. The summed E-state index contributed by atoms with van der Waals surface area (Å²) in [6, 6.07) is 6.43. The summed E-state index contributed by atoms with van der Waals surface area (Å²) in [4.78, 5) is 16.8. The average molecular weight is 333 g/mol. The number of amides is 2. The number of hydrogen-bond donors (Lipinski definition) is 2. The topological polar surface area (TPSA) is 55.8 Å². The fourth-order valence-electron chi connectivity index (χ4n) is 3.38. The van der Waals surface area contributed by atoms with Crippen molar-refractivity contribution in [3.05, 3.63) is 29.3 Å². The second-order valence-electron chi connectivity index (χ2n) is 6.36. The second kappa shape index (κ2) is 9.04. The molecule has 1 aromatic carbocycles. The van der Waals surface area contributed by atoms with Crippen molar-refractivity contribution in [2.75, 3.05) is 38.1 Å². The zero-order valence-electron chi connectivity index (χ0n) is 15.2. The van der Waals surface area contributed by atoms with E-state index in [1.165, 1.54) is 11.1 Å². The van der Waals surface area contributed by atoms with Crippen LogP contribution in [-0.4, -0.2) is 59.8 Å². The second-order valence-corrected chi connectivity index (χ2v) is 6.36. The van der Waals surface area contributed by atoms with Crippen LogP contribution in [0, 0.1) is 0 Å². The number of anilines is 1. The lowest BCUT2D eigenvalue weighted by atomic mass is 10.0. The molecule has 24 heavy (non-hydrogen) atoms. The zero-order chi connectivity index (χ0) is 17.5. The molecule has 134 valence electrons. The number of nitrogens with one attached hydrogen (secondary N) is 1. The summed E-state index contributed by atoms with van der Waals surface area (Å²) >= 11 is 0. The number of aliphatic hydroxyl groups excluding tert-OH is 1. The van der Waals surface area contributed by atoms with Crippen molar-refractivity contribution in [2.24, 2.45) is 0 Å². The van der Waals surface area contributed by atoms with E-state index in [-0.39, 0.29) is 18.7 Å². The lowest BCUT2D eigenvalue weighted by molar-refractivity contribution is 0.0766. The zero-order valence-corrected chi connectivity index (χ0v) is 15.2. The third kappa shape index (κ3) is 4.28. The van der Waals surface area contributed by atoms with E-state index < -0.39 is 0 Å². The number of aliphatic hydroxyl groups is 1. The van der Waals surface area contributed by atoms with Gasteiger partial charge in [0.25, 0.3) is 0 Å². The molecule has 1 aliphatic rings. The number of benzene rings is 1. The molecule has 0 radical (unpaired) electrons. The number of carbonyl (C=O) groups excluding carboxylic acids is 1. The van der Waals surface area contributed by atoms with Gasteiger partial charge in [0.15, 0.2) is 0 Å². The van der Waals surface area contributed by atoms with Gasteiger partial charge in [-0.2, -0.15) is 0 Å². The molecule has 1 heterocycles. The van der Waals surface area contributed by atoms with Gasteiger partial charge < -0.3 is 15.3 Å². The minimum atomic E-state index is -0.0118. The van der Waals surface area contributed by atoms with E-state index in [0.29, 0.717) is 13.1 Å². The highest BCUT2D eigenvalue weighted by atomic mass is 16.3. The molecule has 1 aromatic rings. The van der Waals surface area contributed by atoms with Crippen LogP contribution >= 0.6 is 0 Å². The van der Waals surface area contributed by atoms with Gasteiger partial charge in [-0.05, 0) is 30.4 Å².